The van der Waals surface area contributed by atoms with E-state index >= 15 is 0 Å². The van der Waals surface area contributed by atoms with Gasteiger partial charge in [0.1, 0.15) is 6.54 Å². The maximum absolute atomic E-state index is 11.9. The molecule has 0 amide bonds. The number of esters is 1. The third-order valence-corrected chi connectivity index (χ3v) is 3.93. The molecule has 0 bridgehead atoms. The first-order valence-corrected chi connectivity index (χ1v) is 6.77. The first kappa shape index (κ1) is 11.9. The summed E-state index contributed by atoms with van der Waals surface area (Å²) in [5.74, 6) is 0.287. The Morgan fingerprint density at radius 1 is 1.12 bits per heavy atom. The van der Waals surface area contributed by atoms with Crippen molar-refractivity contribution in [3.8, 4) is 0 Å². The van der Waals surface area contributed by atoms with Gasteiger partial charge in [0.15, 0.2) is 6.10 Å². The molecule has 3 heteroatoms. The van der Waals surface area contributed by atoms with Gasteiger partial charge in [0.2, 0.25) is 0 Å². The van der Waals surface area contributed by atoms with E-state index in [-0.39, 0.29) is 18.0 Å². The molecular weight excluding hydrogens is 202 g/mol. The van der Waals surface area contributed by atoms with E-state index in [1.165, 1.54) is 37.1 Å². The molecule has 1 unspecified atom stereocenters. The molecule has 2 atom stereocenters. The number of carbonyl (C=O) groups excluding carboxylic acids is 1. The zero-order valence-corrected chi connectivity index (χ0v) is 10.3. The number of ether oxygens (including phenoxy) is 1. The van der Waals surface area contributed by atoms with Crippen LogP contribution in [0.5, 0.6) is 0 Å². The summed E-state index contributed by atoms with van der Waals surface area (Å²) in [6.45, 7) is 2.22. The van der Waals surface area contributed by atoms with E-state index in [9.17, 15) is 4.79 Å². The highest BCUT2D eigenvalue weighted by Crippen LogP contribution is 2.25. The topological polar surface area (TPSA) is 30.7 Å². The summed E-state index contributed by atoms with van der Waals surface area (Å²) in [4.78, 5) is 13.4. The number of hydrogen-bond acceptors (Lipinski definition) is 2. The Kier molecular flexibility index (Phi) is 4.22. The third kappa shape index (κ3) is 3.21. The van der Waals surface area contributed by atoms with Crippen LogP contribution in [0.25, 0.3) is 0 Å². The van der Waals surface area contributed by atoms with Gasteiger partial charge in [-0.05, 0) is 19.3 Å². The van der Waals surface area contributed by atoms with Crippen molar-refractivity contribution in [2.75, 3.05) is 20.1 Å². The van der Waals surface area contributed by atoms with Gasteiger partial charge < -0.3 is 9.64 Å². The largest absolute Gasteiger partial charge is 0.456 e. The number of nitrogens with one attached hydrogen (secondary N) is 1. The smallest absolute Gasteiger partial charge is 0.309 e. The van der Waals surface area contributed by atoms with Gasteiger partial charge in [0.05, 0.1) is 19.5 Å². The molecule has 0 spiro atoms. The minimum Gasteiger partial charge on any atom is -0.456 e. The monoisotopic (exact) mass is 226 g/mol. The molecule has 2 aliphatic rings. The summed E-state index contributed by atoms with van der Waals surface area (Å²) >= 11 is 0. The fourth-order valence-electron chi connectivity index (χ4n) is 2.92. The van der Waals surface area contributed by atoms with Crippen molar-refractivity contribution in [3.05, 3.63) is 0 Å². The fraction of sp³-hybridized carbons (Fsp3) is 0.923. The lowest BCUT2D eigenvalue weighted by atomic mass is 9.89. The number of quaternary nitrogens is 1. The summed E-state index contributed by atoms with van der Waals surface area (Å²) < 4.78 is 5.64. The lowest BCUT2D eigenvalue weighted by Crippen LogP contribution is -3.11. The maximum atomic E-state index is 11.9. The van der Waals surface area contributed by atoms with Gasteiger partial charge in [-0.1, -0.05) is 19.3 Å². The van der Waals surface area contributed by atoms with Crippen LogP contribution in [-0.2, 0) is 9.53 Å². The van der Waals surface area contributed by atoms with Crippen LogP contribution in [0.4, 0.5) is 0 Å². The highest BCUT2D eigenvalue weighted by molar-refractivity contribution is 5.72. The molecule has 92 valence electrons. The van der Waals surface area contributed by atoms with Gasteiger partial charge in [-0.15, -0.1) is 0 Å². The Labute approximate surface area is 98.1 Å². The molecule has 2 rings (SSSR count). The van der Waals surface area contributed by atoms with Crippen LogP contribution in [-0.4, -0.2) is 32.2 Å². The molecule has 2 fully saturated rings. The normalized spacial score (nSPS) is 32.3. The van der Waals surface area contributed by atoms with E-state index in [0.717, 1.165) is 25.8 Å². The van der Waals surface area contributed by atoms with Crippen molar-refractivity contribution in [2.24, 2.45) is 5.92 Å². The summed E-state index contributed by atoms with van der Waals surface area (Å²) in [6, 6.07) is 0. The van der Waals surface area contributed by atoms with Crippen molar-refractivity contribution >= 4 is 5.97 Å². The van der Waals surface area contributed by atoms with Gasteiger partial charge in [-0.3, -0.25) is 4.79 Å². The Balaban J connectivity index is 1.77. The van der Waals surface area contributed by atoms with E-state index in [0.29, 0.717) is 0 Å². The average Bonchev–Trinajstić information content (AvgIpc) is 2.30. The molecule has 1 saturated carbocycles. The molecule has 16 heavy (non-hydrogen) atoms. The van der Waals surface area contributed by atoms with Crippen molar-refractivity contribution < 1.29 is 14.4 Å². The number of rotatable bonds is 2. The van der Waals surface area contributed by atoms with E-state index in [2.05, 4.69) is 7.05 Å². The van der Waals surface area contributed by atoms with Crippen LogP contribution in [0.2, 0.25) is 0 Å². The second kappa shape index (κ2) is 5.67. The van der Waals surface area contributed by atoms with Gasteiger partial charge in [-0.25, -0.2) is 0 Å². The predicted octanol–water partition coefficient (Wildman–Crippen LogP) is 0.787. The molecule has 1 heterocycles. The molecule has 0 aromatic rings. The van der Waals surface area contributed by atoms with E-state index < -0.39 is 0 Å². The van der Waals surface area contributed by atoms with Crippen molar-refractivity contribution in [1.82, 2.24) is 0 Å². The van der Waals surface area contributed by atoms with E-state index in [1.54, 1.807) is 0 Å². The standard InChI is InChI=1S/C13H23NO2/c1-14-9-5-8-12(10-14)16-13(15)11-6-3-2-4-7-11/h11-12H,2-10H2,1H3/p+1/t12-/m0/s1. The summed E-state index contributed by atoms with van der Waals surface area (Å²) in [5.41, 5.74) is 0. The van der Waals surface area contributed by atoms with Crippen LogP contribution < -0.4 is 4.90 Å². The Hall–Kier alpha value is -0.570. The number of hydrogen-bond donors (Lipinski definition) is 1. The molecule has 1 aliphatic heterocycles. The second-order valence-corrected chi connectivity index (χ2v) is 5.45. The molecule has 0 aromatic heterocycles. The first-order chi connectivity index (χ1) is 7.75. The van der Waals surface area contributed by atoms with Gasteiger partial charge in [0.25, 0.3) is 0 Å². The molecule has 0 aromatic carbocycles. The van der Waals surface area contributed by atoms with E-state index in [1.807, 2.05) is 0 Å². The maximum Gasteiger partial charge on any atom is 0.309 e. The first-order valence-electron chi connectivity index (χ1n) is 6.77. The molecule has 1 N–H and O–H groups in total. The molecule has 1 aliphatic carbocycles. The zero-order chi connectivity index (χ0) is 11.4. The Morgan fingerprint density at radius 2 is 1.88 bits per heavy atom. The quantitative estimate of drug-likeness (QED) is 0.706. The zero-order valence-electron chi connectivity index (χ0n) is 10.3. The average molecular weight is 226 g/mol. The van der Waals surface area contributed by atoms with Gasteiger partial charge >= 0.3 is 5.97 Å². The predicted molar refractivity (Wildman–Crippen MR) is 62.3 cm³/mol. The molecule has 0 radical (unpaired) electrons. The molecule has 3 nitrogen and oxygen atoms in total. The number of piperidine rings is 1. The van der Waals surface area contributed by atoms with Crippen LogP contribution in [0, 0.1) is 5.92 Å². The Morgan fingerprint density at radius 3 is 2.56 bits per heavy atom. The third-order valence-electron chi connectivity index (χ3n) is 3.93. The minimum atomic E-state index is 0.0828. The summed E-state index contributed by atoms with van der Waals surface area (Å²) in [5, 5.41) is 0. The summed E-state index contributed by atoms with van der Waals surface area (Å²) in [7, 11) is 2.18. The highest BCUT2D eigenvalue weighted by atomic mass is 16.5. The fourth-order valence-corrected chi connectivity index (χ4v) is 2.92. The number of likely N-dealkylation sites (tertiary alicyclic amines) is 1. The summed E-state index contributed by atoms with van der Waals surface area (Å²) in [6.07, 6.45) is 8.24. The Bertz CT molecular complexity index is 236. The van der Waals surface area contributed by atoms with Crippen molar-refractivity contribution in [1.29, 1.82) is 0 Å². The highest BCUT2D eigenvalue weighted by Gasteiger charge is 2.28. The lowest BCUT2D eigenvalue weighted by molar-refractivity contribution is -0.888. The van der Waals surface area contributed by atoms with Crippen molar-refractivity contribution in [3.63, 3.8) is 0 Å². The van der Waals surface area contributed by atoms with Gasteiger partial charge in [-0.2, -0.15) is 0 Å². The number of likely N-dealkylation sites (N-methyl/N-ethyl adjacent to an activating group) is 1. The SMILES string of the molecule is C[NH+]1CCC[C@H](OC(=O)C2CCCCC2)C1. The van der Waals surface area contributed by atoms with Crippen molar-refractivity contribution in [2.45, 2.75) is 51.0 Å². The van der Waals surface area contributed by atoms with Crippen LogP contribution in [0.3, 0.4) is 0 Å². The molecular formula is C13H24NO2+. The van der Waals surface area contributed by atoms with Crippen LogP contribution in [0.1, 0.15) is 44.9 Å². The molecule has 1 saturated heterocycles. The van der Waals surface area contributed by atoms with E-state index in [4.69, 9.17) is 4.74 Å². The minimum absolute atomic E-state index is 0.0828. The second-order valence-electron chi connectivity index (χ2n) is 5.45. The number of carbonyl (C=O) groups is 1. The van der Waals surface area contributed by atoms with Crippen LogP contribution >= 0.6 is 0 Å². The van der Waals surface area contributed by atoms with Gasteiger partial charge in [0, 0.05) is 6.42 Å². The lowest BCUT2D eigenvalue weighted by Gasteiger charge is -2.28. The van der Waals surface area contributed by atoms with Crippen LogP contribution in [0.15, 0.2) is 0 Å².